The molecule has 5 rings (SSSR count). The van der Waals surface area contributed by atoms with E-state index in [0.717, 1.165) is 37.8 Å². The number of ether oxygens (including phenoxy) is 2. The van der Waals surface area contributed by atoms with Crippen LogP contribution in [0.2, 0.25) is 0 Å². The van der Waals surface area contributed by atoms with Crippen LogP contribution in [0.5, 0.6) is 0 Å². The third kappa shape index (κ3) is 5.53. The second-order valence-electron chi connectivity index (χ2n) is 9.37. The van der Waals surface area contributed by atoms with Crippen LogP contribution in [-0.4, -0.2) is 43.8 Å². The average molecular weight is 477 g/mol. The summed E-state index contributed by atoms with van der Waals surface area (Å²) in [5.74, 6) is 0.758. The normalized spacial score (nSPS) is 25.6. The van der Waals surface area contributed by atoms with E-state index in [9.17, 15) is 9.59 Å². The molecule has 0 bridgehead atoms. The molecule has 2 aromatic rings. The van der Waals surface area contributed by atoms with Crippen LogP contribution < -0.4 is 10.6 Å². The molecule has 1 amide bonds. The van der Waals surface area contributed by atoms with Gasteiger partial charge in [-0.05, 0) is 61.9 Å². The molecule has 3 aliphatic rings. The number of amides is 1. The topological polar surface area (TPSA) is 89.8 Å². The van der Waals surface area contributed by atoms with Crippen molar-refractivity contribution in [3.63, 3.8) is 0 Å². The van der Waals surface area contributed by atoms with Crippen molar-refractivity contribution in [1.82, 2.24) is 5.32 Å². The monoisotopic (exact) mass is 476 g/mol. The Balaban J connectivity index is 0.00000259. The minimum atomic E-state index is -0.493. The number of esters is 1. The van der Waals surface area contributed by atoms with Crippen molar-refractivity contribution in [2.75, 3.05) is 25.1 Å². The van der Waals surface area contributed by atoms with Crippen LogP contribution in [0.1, 0.15) is 61.9 Å². The number of carbonyl (C=O) groups is 2. The van der Waals surface area contributed by atoms with Gasteiger partial charge in [-0.15, -0.1) is 12.4 Å². The molecule has 1 aliphatic carbocycles. The maximum atomic E-state index is 13.0. The second kappa shape index (κ2) is 10.9. The van der Waals surface area contributed by atoms with Crippen LogP contribution in [0.15, 0.2) is 28.7 Å². The molecule has 0 radical (unpaired) electrons. The predicted octanol–water partition coefficient (Wildman–Crippen LogP) is 4.69. The zero-order valence-electron chi connectivity index (χ0n) is 18.8. The molecule has 180 valence electrons. The van der Waals surface area contributed by atoms with Gasteiger partial charge in [-0.25, -0.2) is 4.79 Å². The first-order valence-corrected chi connectivity index (χ1v) is 12.0. The van der Waals surface area contributed by atoms with Crippen LogP contribution in [0.4, 0.5) is 5.69 Å². The Morgan fingerprint density at radius 1 is 1.06 bits per heavy atom. The highest BCUT2D eigenvalue weighted by Crippen LogP contribution is 2.36. The minimum Gasteiger partial charge on any atom is -0.457 e. The highest BCUT2D eigenvalue weighted by atomic mass is 35.5. The third-order valence-corrected chi connectivity index (χ3v) is 7.22. The molecule has 1 saturated carbocycles. The second-order valence-corrected chi connectivity index (χ2v) is 9.37. The smallest absolute Gasteiger partial charge is 0.374 e. The fourth-order valence-electron chi connectivity index (χ4n) is 5.54. The zero-order valence-corrected chi connectivity index (χ0v) is 19.7. The van der Waals surface area contributed by atoms with E-state index in [0.29, 0.717) is 23.1 Å². The lowest BCUT2D eigenvalue weighted by Crippen LogP contribution is -2.42. The summed E-state index contributed by atoms with van der Waals surface area (Å²) >= 11 is 0. The van der Waals surface area contributed by atoms with Crippen molar-refractivity contribution in [3.05, 3.63) is 30.0 Å². The number of anilines is 1. The van der Waals surface area contributed by atoms with Gasteiger partial charge in [0.25, 0.3) is 0 Å². The Labute approximate surface area is 200 Å². The highest BCUT2D eigenvalue weighted by molar-refractivity contribution is 5.98. The van der Waals surface area contributed by atoms with Crippen molar-refractivity contribution in [3.8, 4) is 0 Å². The Morgan fingerprint density at radius 2 is 1.91 bits per heavy atom. The van der Waals surface area contributed by atoms with Crippen LogP contribution in [0.3, 0.4) is 0 Å². The molecule has 3 heterocycles. The summed E-state index contributed by atoms with van der Waals surface area (Å²) in [6, 6.07) is 6.97. The quantitative estimate of drug-likeness (QED) is 0.588. The molecule has 0 unspecified atom stereocenters. The van der Waals surface area contributed by atoms with Gasteiger partial charge in [0, 0.05) is 17.7 Å². The molecule has 33 heavy (non-hydrogen) atoms. The van der Waals surface area contributed by atoms with Gasteiger partial charge in [-0.1, -0.05) is 32.1 Å². The number of carbonyl (C=O) groups excluding carboxylic acids is 2. The SMILES string of the molecule is Cl.O=C(OC[C@H]1CCCO1)c1cc2cc(NC(=O)[C@H]3NCC[C@H]3C3CCCCC3)ccc2o1. The first kappa shape index (κ1) is 24.0. The third-order valence-electron chi connectivity index (χ3n) is 7.22. The lowest BCUT2D eigenvalue weighted by atomic mass is 9.76. The number of halogens is 1. The summed E-state index contributed by atoms with van der Waals surface area (Å²) in [5, 5.41) is 7.24. The fraction of sp³-hybridized carbons (Fsp3) is 0.600. The molecule has 0 spiro atoms. The number of nitrogens with one attached hydrogen (secondary N) is 2. The zero-order chi connectivity index (χ0) is 21.9. The first-order valence-electron chi connectivity index (χ1n) is 12.0. The summed E-state index contributed by atoms with van der Waals surface area (Å²) in [4.78, 5) is 25.4. The van der Waals surface area contributed by atoms with Gasteiger partial charge in [0.2, 0.25) is 11.7 Å². The van der Waals surface area contributed by atoms with E-state index in [-0.39, 0.29) is 42.8 Å². The number of benzene rings is 1. The molecule has 2 aliphatic heterocycles. The summed E-state index contributed by atoms with van der Waals surface area (Å²) in [7, 11) is 0. The number of furan rings is 1. The van der Waals surface area contributed by atoms with E-state index in [1.54, 1.807) is 12.1 Å². The summed E-state index contributed by atoms with van der Waals surface area (Å²) in [5.41, 5.74) is 1.30. The van der Waals surface area contributed by atoms with E-state index in [2.05, 4.69) is 10.6 Å². The fourth-order valence-corrected chi connectivity index (χ4v) is 5.54. The van der Waals surface area contributed by atoms with Crippen LogP contribution in [0, 0.1) is 11.8 Å². The average Bonchev–Trinajstić information content (AvgIpc) is 3.58. The van der Waals surface area contributed by atoms with Crippen molar-refractivity contribution in [1.29, 1.82) is 0 Å². The van der Waals surface area contributed by atoms with Crippen LogP contribution in [0.25, 0.3) is 11.0 Å². The molecule has 7 nitrogen and oxygen atoms in total. The Morgan fingerprint density at radius 3 is 2.70 bits per heavy atom. The number of fused-ring (bicyclic) bond motifs is 1. The number of hydrogen-bond donors (Lipinski definition) is 2. The van der Waals surface area contributed by atoms with Gasteiger partial charge in [-0.3, -0.25) is 4.79 Å². The summed E-state index contributed by atoms with van der Waals surface area (Å²) < 4.78 is 16.5. The van der Waals surface area contributed by atoms with Gasteiger partial charge in [0.15, 0.2) is 0 Å². The molecule has 1 aromatic heterocycles. The Bertz CT molecular complexity index is 965. The molecule has 1 aromatic carbocycles. The molecular weight excluding hydrogens is 444 g/mol. The minimum absolute atomic E-state index is 0. The summed E-state index contributed by atoms with van der Waals surface area (Å²) in [6.45, 7) is 1.87. The predicted molar refractivity (Wildman–Crippen MR) is 128 cm³/mol. The summed E-state index contributed by atoms with van der Waals surface area (Å²) in [6.07, 6.45) is 9.32. The molecule has 3 fully saturated rings. The van der Waals surface area contributed by atoms with E-state index in [1.807, 2.05) is 12.1 Å². The maximum absolute atomic E-state index is 13.0. The van der Waals surface area contributed by atoms with Crippen molar-refractivity contribution in [2.45, 2.75) is 63.5 Å². The lowest BCUT2D eigenvalue weighted by Gasteiger charge is -2.30. The standard InChI is InChI=1S/C25H32N2O5.ClH/c28-24(23-20(10-11-26-23)16-5-2-1-3-6-16)27-18-8-9-21-17(13-18)14-22(32-21)25(29)31-15-19-7-4-12-30-19;/h8-9,13-14,16,19-20,23,26H,1-7,10-12,15H2,(H,27,28);1H/t19-,20+,23+;/m1./s1. The maximum Gasteiger partial charge on any atom is 0.374 e. The largest absolute Gasteiger partial charge is 0.457 e. The molecule has 2 N–H and O–H groups in total. The van der Waals surface area contributed by atoms with Crippen LogP contribution in [-0.2, 0) is 14.3 Å². The molecule has 3 atom stereocenters. The van der Waals surface area contributed by atoms with Gasteiger partial charge in [-0.2, -0.15) is 0 Å². The van der Waals surface area contributed by atoms with E-state index in [1.165, 1.54) is 32.1 Å². The molecule has 2 saturated heterocycles. The van der Waals surface area contributed by atoms with Crippen molar-refractivity contribution < 1.29 is 23.5 Å². The van der Waals surface area contributed by atoms with E-state index in [4.69, 9.17) is 13.9 Å². The van der Waals surface area contributed by atoms with E-state index < -0.39 is 5.97 Å². The van der Waals surface area contributed by atoms with Crippen molar-refractivity contribution in [2.24, 2.45) is 11.8 Å². The van der Waals surface area contributed by atoms with E-state index >= 15 is 0 Å². The van der Waals surface area contributed by atoms with Gasteiger partial charge in [0.1, 0.15) is 12.2 Å². The molecular formula is C25H33ClN2O5. The lowest BCUT2D eigenvalue weighted by molar-refractivity contribution is -0.119. The molecule has 8 heteroatoms. The van der Waals surface area contributed by atoms with Gasteiger partial charge in [0.05, 0.1) is 12.1 Å². The number of rotatable bonds is 6. The number of hydrogen-bond acceptors (Lipinski definition) is 6. The Hall–Kier alpha value is -2.09. The van der Waals surface area contributed by atoms with Crippen LogP contribution >= 0.6 is 12.4 Å². The Kier molecular flexibility index (Phi) is 7.94. The van der Waals surface area contributed by atoms with Gasteiger partial charge < -0.3 is 24.5 Å². The van der Waals surface area contributed by atoms with Gasteiger partial charge >= 0.3 is 5.97 Å². The first-order chi connectivity index (χ1) is 15.7. The highest BCUT2D eigenvalue weighted by Gasteiger charge is 2.38. The van der Waals surface area contributed by atoms with Crippen molar-refractivity contribution >= 4 is 40.9 Å².